The molecule has 0 saturated carbocycles. The van der Waals surface area contributed by atoms with E-state index in [4.69, 9.17) is 5.84 Å². The van der Waals surface area contributed by atoms with E-state index < -0.39 is 0 Å². The number of rotatable bonds is 4. The molecule has 0 unspecified atom stereocenters. The maximum absolute atomic E-state index is 6.23. The van der Waals surface area contributed by atoms with Gasteiger partial charge in [-0.25, -0.2) is 4.68 Å². The number of piperidine rings is 2. The SMILES string of the molecule is CC1CCN(Cc2nnc(CN3CCC(C)CC3)n2N)CC1. The van der Waals surface area contributed by atoms with Crippen molar-refractivity contribution in [2.75, 3.05) is 32.0 Å². The summed E-state index contributed by atoms with van der Waals surface area (Å²) >= 11 is 0. The first-order valence-electron chi connectivity index (χ1n) is 8.74. The number of aromatic nitrogens is 3. The molecule has 2 N–H and O–H groups in total. The summed E-state index contributed by atoms with van der Waals surface area (Å²) in [5.74, 6) is 9.73. The van der Waals surface area contributed by atoms with Crippen molar-refractivity contribution in [3.8, 4) is 0 Å². The van der Waals surface area contributed by atoms with E-state index in [-0.39, 0.29) is 0 Å². The fraction of sp³-hybridized carbons (Fsp3) is 0.875. The molecule has 3 rings (SSSR count). The zero-order valence-corrected chi connectivity index (χ0v) is 14.0. The van der Waals surface area contributed by atoms with Crippen LogP contribution in [0.1, 0.15) is 51.2 Å². The molecule has 2 aliphatic rings. The third-order valence-electron chi connectivity index (χ3n) is 5.32. The Bertz CT molecular complexity index is 427. The molecular formula is C16H30N6. The summed E-state index contributed by atoms with van der Waals surface area (Å²) in [6, 6.07) is 0. The van der Waals surface area contributed by atoms with Gasteiger partial charge in [-0.2, -0.15) is 0 Å². The highest BCUT2D eigenvalue weighted by atomic mass is 15.4. The minimum atomic E-state index is 0.827. The first kappa shape index (κ1) is 15.7. The molecule has 2 fully saturated rings. The van der Waals surface area contributed by atoms with Gasteiger partial charge in [-0.3, -0.25) is 9.80 Å². The van der Waals surface area contributed by atoms with Crippen molar-refractivity contribution in [1.82, 2.24) is 24.7 Å². The van der Waals surface area contributed by atoms with Gasteiger partial charge < -0.3 is 5.84 Å². The van der Waals surface area contributed by atoms with Gasteiger partial charge in [0, 0.05) is 0 Å². The summed E-state index contributed by atoms with van der Waals surface area (Å²) in [6.07, 6.45) is 5.10. The monoisotopic (exact) mass is 306 g/mol. The second kappa shape index (κ2) is 6.96. The Kier molecular flexibility index (Phi) is 4.98. The fourth-order valence-corrected chi connectivity index (χ4v) is 3.42. The second-order valence-electron chi connectivity index (χ2n) is 7.32. The van der Waals surface area contributed by atoms with Crippen molar-refractivity contribution >= 4 is 0 Å². The van der Waals surface area contributed by atoms with Crippen molar-refractivity contribution in [2.24, 2.45) is 11.8 Å². The van der Waals surface area contributed by atoms with E-state index in [1.807, 2.05) is 0 Å². The lowest BCUT2D eigenvalue weighted by Gasteiger charge is -2.30. The minimum absolute atomic E-state index is 0.827. The Labute approximate surface area is 133 Å². The lowest BCUT2D eigenvalue weighted by molar-refractivity contribution is 0.176. The Morgan fingerprint density at radius 2 is 1.18 bits per heavy atom. The van der Waals surface area contributed by atoms with E-state index in [9.17, 15) is 0 Å². The van der Waals surface area contributed by atoms with Crippen molar-refractivity contribution in [3.63, 3.8) is 0 Å². The molecule has 1 aromatic heterocycles. The molecule has 0 atom stereocenters. The van der Waals surface area contributed by atoms with Crippen molar-refractivity contribution in [2.45, 2.75) is 52.6 Å². The lowest BCUT2D eigenvalue weighted by atomic mass is 9.99. The molecule has 2 saturated heterocycles. The molecule has 124 valence electrons. The van der Waals surface area contributed by atoms with Crippen LogP contribution in [0.4, 0.5) is 0 Å². The van der Waals surface area contributed by atoms with Crippen LogP contribution in [0.25, 0.3) is 0 Å². The van der Waals surface area contributed by atoms with Crippen LogP contribution in [0.5, 0.6) is 0 Å². The molecule has 0 aromatic carbocycles. The molecule has 0 spiro atoms. The summed E-state index contributed by atoms with van der Waals surface area (Å²) in [7, 11) is 0. The highest BCUT2D eigenvalue weighted by Gasteiger charge is 2.21. The van der Waals surface area contributed by atoms with Crippen LogP contribution in [-0.2, 0) is 13.1 Å². The minimum Gasteiger partial charge on any atom is -0.336 e. The van der Waals surface area contributed by atoms with Gasteiger partial charge in [-0.05, 0) is 63.7 Å². The molecule has 0 aliphatic carbocycles. The second-order valence-corrected chi connectivity index (χ2v) is 7.32. The van der Waals surface area contributed by atoms with Gasteiger partial charge in [0.15, 0.2) is 11.6 Å². The van der Waals surface area contributed by atoms with Crippen LogP contribution in [0.15, 0.2) is 0 Å². The van der Waals surface area contributed by atoms with Gasteiger partial charge in [-0.15, -0.1) is 10.2 Å². The number of likely N-dealkylation sites (tertiary alicyclic amines) is 2. The van der Waals surface area contributed by atoms with E-state index in [0.717, 1.165) is 62.8 Å². The Balaban J connectivity index is 1.55. The van der Waals surface area contributed by atoms with Gasteiger partial charge in [0.25, 0.3) is 0 Å². The van der Waals surface area contributed by atoms with E-state index >= 15 is 0 Å². The van der Waals surface area contributed by atoms with Crippen LogP contribution >= 0.6 is 0 Å². The summed E-state index contributed by atoms with van der Waals surface area (Å²) in [6.45, 7) is 10.9. The van der Waals surface area contributed by atoms with E-state index in [2.05, 4.69) is 33.8 Å². The predicted octanol–water partition coefficient (Wildman–Crippen LogP) is 1.46. The third-order valence-corrected chi connectivity index (χ3v) is 5.32. The van der Waals surface area contributed by atoms with Gasteiger partial charge in [0.1, 0.15) is 0 Å². The molecule has 0 radical (unpaired) electrons. The maximum atomic E-state index is 6.23. The standard InChI is InChI=1S/C16H30N6/c1-13-3-7-20(8-4-13)11-15-18-19-16(22(15)17)12-21-9-5-14(2)6-10-21/h13-14H,3-12,17H2,1-2H3. The molecule has 3 heterocycles. The van der Waals surface area contributed by atoms with Crippen LogP contribution in [-0.4, -0.2) is 50.9 Å². The molecule has 0 amide bonds. The average Bonchev–Trinajstić information content (AvgIpc) is 2.85. The molecule has 6 nitrogen and oxygen atoms in total. The van der Waals surface area contributed by atoms with Crippen molar-refractivity contribution in [1.29, 1.82) is 0 Å². The Morgan fingerprint density at radius 3 is 1.55 bits per heavy atom. The van der Waals surface area contributed by atoms with Crippen LogP contribution < -0.4 is 5.84 Å². The largest absolute Gasteiger partial charge is 0.336 e. The van der Waals surface area contributed by atoms with Gasteiger partial charge in [0.2, 0.25) is 0 Å². The highest BCUT2D eigenvalue weighted by molar-refractivity contribution is 4.97. The van der Waals surface area contributed by atoms with Gasteiger partial charge in [0.05, 0.1) is 13.1 Å². The summed E-state index contributed by atoms with van der Waals surface area (Å²) in [5, 5.41) is 8.66. The number of hydrogen-bond acceptors (Lipinski definition) is 5. The van der Waals surface area contributed by atoms with Crippen LogP contribution in [0.2, 0.25) is 0 Å². The van der Waals surface area contributed by atoms with Crippen molar-refractivity contribution < 1.29 is 0 Å². The number of nitrogen functional groups attached to an aromatic ring is 1. The van der Waals surface area contributed by atoms with Crippen molar-refractivity contribution in [3.05, 3.63) is 11.6 Å². The number of hydrogen-bond donors (Lipinski definition) is 1. The maximum Gasteiger partial charge on any atom is 0.165 e. The normalized spacial score (nSPS) is 23.2. The quantitative estimate of drug-likeness (QED) is 0.853. The molecule has 22 heavy (non-hydrogen) atoms. The molecule has 2 aliphatic heterocycles. The zero-order chi connectivity index (χ0) is 15.5. The summed E-state index contributed by atoms with van der Waals surface area (Å²) in [5.41, 5.74) is 0. The average molecular weight is 306 g/mol. The summed E-state index contributed by atoms with van der Waals surface area (Å²) in [4.78, 5) is 4.89. The van der Waals surface area contributed by atoms with E-state index in [1.165, 1.54) is 25.7 Å². The highest BCUT2D eigenvalue weighted by Crippen LogP contribution is 2.19. The number of nitrogens with zero attached hydrogens (tertiary/aromatic N) is 5. The third kappa shape index (κ3) is 3.79. The molecular weight excluding hydrogens is 276 g/mol. The first-order chi connectivity index (χ1) is 10.6. The van der Waals surface area contributed by atoms with Gasteiger partial charge >= 0.3 is 0 Å². The molecule has 0 bridgehead atoms. The van der Waals surface area contributed by atoms with E-state index in [1.54, 1.807) is 4.68 Å². The van der Waals surface area contributed by atoms with E-state index in [0.29, 0.717) is 0 Å². The smallest absolute Gasteiger partial charge is 0.165 e. The molecule has 6 heteroatoms. The Hall–Kier alpha value is -1.14. The van der Waals surface area contributed by atoms with Crippen LogP contribution in [0.3, 0.4) is 0 Å². The fourth-order valence-electron chi connectivity index (χ4n) is 3.42. The predicted molar refractivity (Wildman–Crippen MR) is 87.5 cm³/mol. The topological polar surface area (TPSA) is 63.2 Å². The number of nitrogens with two attached hydrogens (primary N) is 1. The first-order valence-corrected chi connectivity index (χ1v) is 8.74. The molecule has 1 aromatic rings. The lowest BCUT2D eigenvalue weighted by Crippen LogP contribution is -2.35. The van der Waals surface area contributed by atoms with Crippen LogP contribution in [0, 0.1) is 11.8 Å². The Morgan fingerprint density at radius 1 is 0.818 bits per heavy atom. The zero-order valence-electron chi connectivity index (χ0n) is 14.0. The van der Waals surface area contributed by atoms with Gasteiger partial charge in [-0.1, -0.05) is 13.8 Å². The summed E-state index contributed by atoms with van der Waals surface area (Å²) < 4.78 is 1.72.